The molecule has 5 saturated heterocycles. The van der Waals surface area contributed by atoms with Crippen LogP contribution in [0.3, 0.4) is 0 Å². The van der Waals surface area contributed by atoms with E-state index >= 15 is 0 Å². The number of carbonyl (C=O) groups excluding carboxylic acids is 1. The van der Waals surface area contributed by atoms with Gasteiger partial charge in [-0.25, -0.2) is 4.79 Å². The van der Waals surface area contributed by atoms with Crippen molar-refractivity contribution >= 4 is 5.97 Å². The van der Waals surface area contributed by atoms with Gasteiger partial charge < -0.3 is 23.7 Å². The molecule has 1 aromatic carbocycles. The zero-order valence-corrected chi connectivity index (χ0v) is 15.3. The summed E-state index contributed by atoms with van der Waals surface area (Å²) in [6.07, 6.45) is 1.77. The number of hydrogen-bond acceptors (Lipinski definition) is 6. The van der Waals surface area contributed by atoms with E-state index < -0.39 is 24.0 Å². The van der Waals surface area contributed by atoms with Gasteiger partial charge in [0, 0.05) is 6.42 Å². The van der Waals surface area contributed by atoms with Crippen LogP contribution in [0.25, 0.3) is 0 Å². The average molecular weight is 372 g/mol. The fourth-order valence-corrected chi connectivity index (χ4v) is 4.79. The number of carbonyl (C=O) groups is 1. The molecule has 6 bridgehead atoms. The van der Waals surface area contributed by atoms with Crippen molar-refractivity contribution in [3.8, 4) is 0 Å². The Morgan fingerprint density at radius 2 is 1.93 bits per heavy atom. The summed E-state index contributed by atoms with van der Waals surface area (Å²) >= 11 is 0. The first-order valence-electron chi connectivity index (χ1n) is 9.67. The standard InChI is InChI=1S/C21H24O6/c1-3-8-13-15(25-20(22)12-9-6-5-7-10-12)19-18-17(23-13)16-14(24-18)11-21(4-2,26-16)27-19/h3,5-7,9-10,13-19H,1,4,8,11H2,2H3/t13-,14+,15?,16?,17-,18+,19?,21-/m0/s1. The number of esters is 1. The van der Waals surface area contributed by atoms with Gasteiger partial charge in [0.25, 0.3) is 0 Å². The molecule has 6 heteroatoms. The molecule has 1 aromatic rings. The fourth-order valence-electron chi connectivity index (χ4n) is 4.79. The van der Waals surface area contributed by atoms with Crippen molar-refractivity contribution in [1.29, 1.82) is 0 Å². The third-order valence-corrected chi connectivity index (χ3v) is 6.10. The molecule has 144 valence electrons. The van der Waals surface area contributed by atoms with Gasteiger partial charge in [-0.15, -0.1) is 6.58 Å². The van der Waals surface area contributed by atoms with Crippen molar-refractivity contribution in [3.63, 3.8) is 0 Å². The lowest BCUT2D eigenvalue weighted by Crippen LogP contribution is -2.59. The fraction of sp³-hybridized carbons (Fsp3) is 0.571. The van der Waals surface area contributed by atoms with Gasteiger partial charge in [0.05, 0.1) is 11.7 Å². The second kappa shape index (κ2) is 6.41. The van der Waals surface area contributed by atoms with Crippen LogP contribution in [-0.4, -0.2) is 54.5 Å². The van der Waals surface area contributed by atoms with Crippen LogP contribution in [0.5, 0.6) is 0 Å². The van der Waals surface area contributed by atoms with E-state index in [2.05, 4.69) is 6.58 Å². The highest BCUT2D eigenvalue weighted by atomic mass is 16.8. The topological polar surface area (TPSA) is 63.2 Å². The Kier molecular flexibility index (Phi) is 4.13. The summed E-state index contributed by atoms with van der Waals surface area (Å²) in [5.41, 5.74) is 0.501. The van der Waals surface area contributed by atoms with Gasteiger partial charge >= 0.3 is 5.97 Å². The Labute approximate surface area is 158 Å². The molecular weight excluding hydrogens is 348 g/mol. The predicted octanol–water partition coefficient (Wildman–Crippen LogP) is 2.62. The summed E-state index contributed by atoms with van der Waals surface area (Å²) < 4.78 is 31.2. The molecule has 0 saturated carbocycles. The van der Waals surface area contributed by atoms with Crippen molar-refractivity contribution in [2.45, 2.75) is 74.7 Å². The minimum absolute atomic E-state index is 0.0297. The van der Waals surface area contributed by atoms with Crippen molar-refractivity contribution in [3.05, 3.63) is 48.6 Å². The third kappa shape index (κ3) is 2.66. The number of hydrogen-bond donors (Lipinski definition) is 0. The summed E-state index contributed by atoms with van der Waals surface area (Å²) in [6.45, 7) is 5.87. The molecule has 8 atom stereocenters. The molecule has 0 spiro atoms. The van der Waals surface area contributed by atoms with E-state index in [0.29, 0.717) is 24.8 Å². The molecule has 5 heterocycles. The first kappa shape index (κ1) is 17.4. The number of rotatable bonds is 5. The van der Waals surface area contributed by atoms with E-state index in [4.69, 9.17) is 23.7 Å². The molecule has 0 radical (unpaired) electrons. The van der Waals surface area contributed by atoms with E-state index in [0.717, 1.165) is 0 Å². The minimum Gasteiger partial charge on any atom is -0.453 e. The molecule has 6 nitrogen and oxygen atoms in total. The SMILES string of the molecule is C=CC[C@@H]1O[C@H]2C3O[C@]4(CC)C[C@H]3O[C@H]2C(O4)C1OC(=O)c1ccccc1. The average Bonchev–Trinajstić information content (AvgIpc) is 3.10. The van der Waals surface area contributed by atoms with Crippen molar-refractivity contribution < 1.29 is 28.5 Å². The van der Waals surface area contributed by atoms with E-state index in [9.17, 15) is 4.79 Å². The normalized spacial score (nSPS) is 44.1. The molecule has 6 rings (SSSR count). The van der Waals surface area contributed by atoms with Crippen LogP contribution >= 0.6 is 0 Å². The van der Waals surface area contributed by atoms with Gasteiger partial charge in [-0.2, -0.15) is 0 Å². The molecule has 0 amide bonds. The quantitative estimate of drug-likeness (QED) is 0.585. The summed E-state index contributed by atoms with van der Waals surface area (Å²) in [7, 11) is 0. The van der Waals surface area contributed by atoms with Gasteiger partial charge in [0.1, 0.15) is 30.5 Å². The van der Waals surface area contributed by atoms with E-state index in [1.54, 1.807) is 18.2 Å². The highest BCUT2D eigenvalue weighted by Gasteiger charge is 2.68. The van der Waals surface area contributed by atoms with Crippen molar-refractivity contribution in [1.82, 2.24) is 0 Å². The minimum atomic E-state index is -0.687. The Morgan fingerprint density at radius 1 is 1.19 bits per heavy atom. The van der Waals surface area contributed by atoms with Gasteiger partial charge in [0.15, 0.2) is 11.9 Å². The van der Waals surface area contributed by atoms with Crippen LogP contribution in [0, 0.1) is 0 Å². The molecule has 0 aliphatic carbocycles. The zero-order chi connectivity index (χ0) is 18.6. The Morgan fingerprint density at radius 3 is 2.67 bits per heavy atom. The summed E-state index contributed by atoms with van der Waals surface area (Å²) in [4.78, 5) is 12.7. The lowest BCUT2D eigenvalue weighted by Gasteiger charge is -2.42. The second-order valence-corrected chi connectivity index (χ2v) is 7.67. The van der Waals surface area contributed by atoms with Crippen LogP contribution in [-0.2, 0) is 23.7 Å². The van der Waals surface area contributed by atoms with Gasteiger partial charge in [0.2, 0.25) is 0 Å². The maximum absolute atomic E-state index is 12.7. The highest BCUT2D eigenvalue weighted by molar-refractivity contribution is 5.89. The maximum atomic E-state index is 12.7. The summed E-state index contributed by atoms with van der Waals surface area (Å²) in [5, 5.41) is 0. The van der Waals surface area contributed by atoms with Crippen LogP contribution in [0.1, 0.15) is 36.5 Å². The molecule has 0 N–H and O–H groups in total. The van der Waals surface area contributed by atoms with E-state index in [1.165, 1.54) is 0 Å². The van der Waals surface area contributed by atoms with Crippen LogP contribution in [0.15, 0.2) is 43.0 Å². The molecule has 0 aromatic heterocycles. The van der Waals surface area contributed by atoms with Crippen molar-refractivity contribution in [2.24, 2.45) is 0 Å². The van der Waals surface area contributed by atoms with Crippen LogP contribution in [0.2, 0.25) is 0 Å². The van der Waals surface area contributed by atoms with Gasteiger partial charge in [-0.05, 0) is 25.0 Å². The van der Waals surface area contributed by atoms with Gasteiger partial charge in [-0.3, -0.25) is 0 Å². The molecule has 27 heavy (non-hydrogen) atoms. The predicted molar refractivity (Wildman–Crippen MR) is 95.2 cm³/mol. The van der Waals surface area contributed by atoms with Crippen LogP contribution in [0.4, 0.5) is 0 Å². The Hall–Kier alpha value is -1.73. The Balaban J connectivity index is 1.47. The molecule has 5 aliphatic rings. The Bertz CT molecular complexity index is 735. The zero-order valence-electron chi connectivity index (χ0n) is 15.3. The van der Waals surface area contributed by atoms with E-state index in [1.807, 2.05) is 25.1 Å². The lowest BCUT2D eigenvalue weighted by molar-refractivity contribution is -0.269. The molecule has 5 aliphatic heterocycles. The summed E-state index contributed by atoms with van der Waals surface area (Å²) in [6, 6.07) is 8.96. The number of ether oxygens (including phenoxy) is 5. The van der Waals surface area contributed by atoms with E-state index in [-0.39, 0.29) is 30.5 Å². The lowest BCUT2D eigenvalue weighted by atomic mass is 9.90. The largest absolute Gasteiger partial charge is 0.453 e. The maximum Gasteiger partial charge on any atom is 0.338 e. The first-order valence-corrected chi connectivity index (χ1v) is 9.67. The second-order valence-electron chi connectivity index (χ2n) is 7.67. The first-order chi connectivity index (χ1) is 13.1. The van der Waals surface area contributed by atoms with Crippen molar-refractivity contribution in [2.75, 3.05) is 0 Å². The summed E-state index contributed by atoms with van der Waals surface area (Å²) in [5.74, 6) is -1.08. The molecular formula is C21H24O6. The molecule has 3 unspecified atom stereocenters. The number of benzene rings is 1. The third-order valence-electron chi connectivity index (χ3n) is 6.10. The van der Waals surface area contributed by atoms with Gasteiger partial charge in [-0.1, -0.05) is 31.2 Å². The molecule has 5 fully saturated rings. The highest BCUT2D eigenvalue weighted by Crippen LogP contribution is 2.52. The monoisotopic (exact) mass is 372 g/mol. The van der Waals surface area contributed by atoms with Crippen LogP contribution < -0.4 is 0 Å². The smallest absolute Gasteiger partial charge is 0.338 e.